The lowest BCUT2D eigenvalue weighted by Gasteiger charge is -2.41. The van der Waals surface area contributed by atoms with E-state index in [0.717, 1.165) is 12.2 Å². The highest BCUT2D eigenvalue weighted by atomic mass is 32.2. The normalized spacial score (nSPS) is 24.3. The lowest BCUT2D eigenvalue weighted by molar-refractivity contribution is -0.150. The number of amides is 2. The summed E-state index contributed by atoms with van der Waals surface area (Å²) in [4.78, 5) is 26.6. The Labute approximate surface area is 120 Å². The van der Waals surface area contributed by atoms with Gasteiger partial charge in [-0.15, -0.1) is 0 Å². The number of hydrogen-bond donors (Lipinski definition) is 1. The second-order valence-corrected chi connectivity index (χ2v) is 6.89. The Morgan fingerprint density at radius 2 is 1.89 bits per heavy atom. The van der Waals surface area contributed by atoms with Crippen molar-refractivity contribution >= 4 is 23.6 Å². The van der Waals surface area contributed by atoms with Crippen molar-refractivity contribution in [1.82, 2.24) is 10.2 Å². The third kappa shape index (κ3) is 4.13. The van der Waals surface area contributed by atoms with Crippen LogP contribution in [-0.2, 0) is 9.59 Å². The van der Waals surface area contributed by atoms with Crippen molar-refractivity contribution in [2.45, 2.75) is 46.2 Å². The van der Waals surface area contributed by atoms with E-state index in [0.29, 0.717) is 12.5 Å². The molecule has 1 rings (SSSR count). The molecule has 1 heterocycles. The van der Waals surface area contributed by atoms with Gasteiger partial charge in [0.15, 0.2) is 0 Å². The highest BCUT2D eigenvalue weighted by Crippen LogP contribution is 2.20. The molecule has 0 aliphatic carbocycles. The number of piperazine rings is 1. The lowest BCUT2D eigenvalue weighted by atomic mass is 9.94. The van der Waals surface area contributed by atoms with Crippen molar-refractivity contribution in [2.24, 2.45) is 11.8 Å². The van der Waals surface area contributed by atoms with Gasteiger partial charge in [-0.25, -0.2) is 0 Å². The number of carbonyl (C=O) groups is 2. The molecule has 1 fully saturated rings. The van der Waals surface area contributed by atoms with Gasteiger partial charge < -0.3 is 10.2 Å². The summed E-state index contributed by atoms with van der Waals surface area (Å²) in [5.74, 6) is 1.49. The van der Waals surface area contributed by atoms with Gasteiger partial charge in [-0.05, 0) is 24.5 Å². The molecule has 1 N–H and O–H groups in total. The van der Waals surface area contributed by atoms with Gasteiger partial charge in [0.2, 0.25) is 11.8 Å². The molecule has 0 spiro atoms. The van der Waals surface area contributed by atoms with Crippen molar-refractivity contribution in [3.05, 3.63) is 0 Å². The molecule has 1 saturated heterocycles. The summed E-state index contributed by atoms with van der Waals surface area (Å²) in [6.45, 7) is 8.77. The van der Waals surface area contributed by atoms with Gasteiger partial charge in [0.25, 0.3) is 0 Å². The lowest BCUT2D eigenvalue weighted by Crippen LogP contribution is -2.65. The Hall–Kier alpha value is -0.710. The van der Waals surface area contributed by atoms with Crippen molar-refractivity contribution in [3.8, 4) is 0 Å². The standard InChI is InChI=1S/C14H26N2O2S/c1-9(2)8-11-13(17)15-12(10(3)4)14(18)16(11)6-7-19-5/h9-12H,6-8H2,1-5H3,(H,15,17). The van der Waals surface area contributed by atoms with E-state index in [9.17, 15) is 9.59 Å². The molecule has 1 aliphatic heterocycles. The summed E-state index contributed by atoms with van der Waals surface area (Å²) < 4.78 is 0. The molecule has 110 valence electrons. The van der Waals surface area contributed by atoms with E-state index in [1.165, 1.54) is 0 Å². The van der Waals surface area contributed by atoms with Gasteiger partial charge in [-0.3, -0.25) is 9.59 Å². The first-order valence-electron chi connectivity index (χ1n) is 6.98. The van der Waals surface area contributed by atoms with Crippen LogP contribution in [0.2, 0.25) is 0 Å². The Bertz CT molecular complexity index is 331. The zero-order chi connectivity index (χ0) is 14.6. The summed E-state index contributed by atoms with van der Waals surface area (Å²) in [5.41, 5.74) is 0. The summed E-state index contributed by atoms with van der Waals surface area (Å²) in [6.07, 6.45) is 2.75. The highest BCUT2D eigenvalue weighted by molar-refractivity contribution is 7.98. The third-order valence-electron chi connectivity index (χ3n) is 3.42. The average molecular weight is 286 g/mol. The van der Waals surface area contributed by atoms with Crippen LogP contribution in [0.15, 0.2) is 0 Å². The van der Waals surface area contributed by atoms with Crippen molar-refractivity contribution in [3.63, 3.8) is 0 Å². The van der Waals surface area contributed by atoms with Gasteiger partial charge >= 0.3 is 0 Å². The van der Waals surface area contributed by atoms with Crippen LogP contribution in [0.5, 0.6) is 0 Å². The molecule has 2 atom stereocenters. The van der Waals surface area contributed by atoms with Crippen molar-refractivity contribution < 1.29 is 9.59 Å². The van der Waals surface area contributed by atoms with Crippen LogP contribution in [0.25, 0.3) is 0 Å². The fourth-order valence-corrected chi connectivity index (χ4v) is 2.75. The number of thioether (sulfide) groups is 1. The zero-order valence-corrected chi connectivity index (χ0v) is 13.4. The Morgan fingerprint density at radius 3 is 2.37 bits per heavy atom. The summed E-state index contributed by atoms with van der Waals surface area (Å²) >= 11 is 1.70. The van der Waals surface area contributed by atoms with Crippen molar-refractivity contribution in [2.75, 3.05) is 18.6 Å². The number of nitrogens with zero attached hydrogens (tertiary/aromatic N) is 1. The molecule has 0 aromatic rings. The first-order chi connectivity index (χ1) is 8.88. The van der Waals surface area contributed by atoms with Gasteiger partial charge in [-0.2, -0.15) is 11.8 Å². The van der Waals surface area contributed by atoms with E-state index in [1.807, 2.05) is 20.1 Å². The molecule has 1 aliphatic rings. The maximum absolute atomic E-state index is 12.5. The first kappa shape index (κ1) is 16.3. The SMILES string of the molecule is CSCCN1C(=O)C(C(C)C)NC(=O)C1CC(C)C. The first-order valence-corrected chi connectivity index (χ1v) is 8.37. The number of carbonyl (C=O) groups excluding carboxylic acids is 2. The maximum Gasteiger partial charge on any atom is 0.246 e. The number of nitrogens with one attached hydrogen (secondary N) is 1. The Kier molecular flexibility index (Phi) is 6.17. The predicted octanol–water partition coefficient (Wildman–Crippen LogP) is 1.75. The molecule has 0 aromatic carbocycles. The molecule has 19 heavy (non-hydrogen) atoms. The minimum absolute atomic E-state index is 0.00750. The second kappa shape index (κ2) is 7.17. The molecule has 4 nitrogen and oxygen atoms in total. The van der Waals surface area contributed by atoms with Crippen LogP contribution >= 0.6 is 11.8 Å². The monoisotopic (exact) mass is 286 g/mol. The van der Waals surface area contributed by atoms with Crippen LogP contribution in [0.3, 0.4) is 0 Å². The van der Waals surface area contributed by atoms with Crippen LogP contribution in [0.4, 0.5) is 0 Å². The molecule has 0 bridgehead atoms. The van der Waals surface area contributed by atoms with E-state index in [4.69, 9.17) is 0 Å². The Morgan fingerprint density at radius 1 is 1.26 bits per heavy atom. The van der Waals surface area contributed by atoms with E-state index >= 15 is 0 Å². The zero-order valence-electron chi connectivity index (χ0n) is 12.6. The minimum Gasteiger partial charge on any atom is -0.342 e. The largest absolute Gasteiger partial charge is 0.342 e. The van der Waals surface area contributed by atoms with E-state index in [1.54, 1.807) is 16.7 Å². The quantitative estimate of drug-likeness (QED) is 0.809. The number of hydrogen-bond acceptors (Lipinski definition) is 3. The minimum atomic E-state index is -0.363. The smallest absolute Gasteiger partial charge is 0.246 e. The van der Waals surface area contributed by atoms with Gasteiger partial charge in [0, 0.05) is 12.3 Å². The molecular weight excluding hydrogens is 260 g/mol. The molecule has 2 unspecified atom stereocenters. The molecule has 2 amide bonds. The summed E-state index contributed by atoms with van der Waals surface area (Å²) in [7, 11) is 0. The Balaban J connectivity index is 2.89. The number of rotatable bonds is 6. The molecule has 0 radical (unpaired) electrons. The summed E-state index contributed by atoms with van der Waals surface area (Å²) in [5, 5.41) is 2.89. The van der Waals surface area contributed by atoms with Crippen molar-refractivity contribution in [1.29, 1.82) is 0 Å². The predicted molar refractivity (Wildman–Crippen MR) is 80.1 cm³/mol. The van der Waals surface area contributed by atoms with Gasteiger partial charge in [0.05, 0.1) is 0 Å². The molecule has 0 saturated carbocycles. The van der Waals surface area contributed by atoms with E-state index in [-0.39, 0.29) is 29.8 Å². The molecule has 0 aromatic heterocycles. The third-order valence-corrected chi connectivity index (χ3v) is 4.01. The van der Waals surface area contributed by atoms with Crippen LogP contribution in [0, 0.1) is 11.8 Å². The van der Waals surface area contributed by atoms with Crippen LogP contribution in [0.1, 0.15) is 34.1 Å². The van der Waals surface area contributed by atoms with E-state index < -0.39 is 0 Å². The van der Waals surface area contributed by atoms with Gasteiger partial charge in [-0.1, -0.05) is 27.7 Å². The van der Waals surface area contributed by atoms with Crippen LogP contribution in [-0.4, -0.2) is 47.4 Å². The highest BCUT2D eigenvalue weighted by Gasteiger charge is 2.41. The van der Waals surface area contributed by atoms with Gasteiger partial charge in [0.1, 0.15) is 12.1 Å². The second-order valence-electron chi connectivity index (χ2n) is 5.90. The molecule has 5 heteroatoms. The fourth-order valence-electron chi connectivity index (χ4n) is 2.37. The fraction of sp³-hybridized carbons (Fsp3) is 0.857. The van der Waals surface area contributed by atoms with Crippen LogP contribution < -0.4 is 5.32 Å². The summed E-state index contributed by atoms with van der Waals surface area (Å²) in [6, 6.07) is -0.660. The van der Waals surface area contributed by atoms with E-state index in [2.05, 4.69) is 19.2 Å². The average Bonchev–Trinajstić information content (AvgIpc) is 2.32. The molecular formula is C14H26N2O2S. The topological polar surface area (TPSA) is 49.4 Å². The maximum atomic E-state index is 12.5.